The number of aliphatic hydroxyl groups is 1. The number of aromatic nitrogens is 1. The van der Waals surface area contributed by atoms with Crippen LogP contribution < -0.4 is 0 Å². The fraction of sp³-hybridized carbons (Fsp3) is 0.583. The molecule has 2 nitrogen and oxygen atoms in total. The third kappa shape index (κ3) is 2.32. The Morgan fingerprint density at radius 3 is 2.93 bits per heavy atom. The summed E-state index contributed by atoms with van der Waals surface area (Å²) in [5.41, 5.74) is 1.25. The molecule has 1 N–H and O–H groups in total. The lowest BCUT2D eigenvalue weighted by Crippen LogP contribution is -2.26. The van der Waals surface area contributed by atoms with Gasteiger partial charge in [-0.3, -0.25) is 4.98 Å². The van der Waals surface area contributed by atoms with Crippen LogP contribution in [-0.2, 0) is 6.42 Å². The first-order valence-corrected chi connectivity index (χ1v) is 5.43. The van der Waals surface area contributed by atoms with E-state index in [1.54, 1.807) is 6.20 Å². The van der Waals surface area contributed by atoms with Crippen LogP contribution in [-0.4, -0.2) is 16.2 Å². The molecule has 1 aliphatic rings. The molecule has 0 saturated heterocycles. The first-order chi connectivity index (χ1) is 6.86. The highest BCUT2D eigenvalue weighted by molar-refractivity contribution is 5.09. The zero-order chi connectivity index (χ0) is 9.80. The summed E-state index contributed by atoms with van der Waals surface area (Å²) in [6.07, 6.45) is 9.18. The maximum atomic E-state index is 9.81. The standard InChI is InChI=1S/C12H17NO/c14-12-6-2-1-5-11(12)8-10-4-3-7-13-9-10/h3-4,7,9,11-12,14H,1-2,5-6,8H2. The Balaban J connectivity index is 1.96. The molecular formula is C12H17NO. The van der Waals surface area contributed by atoms with Gasteiger partial charge in [0, 0.05) is 12.4 Å². The van der Waals surface area contributed by atoms with Gasteiger partial charge in [0.25, 0.3) is 0 Å². The van der Waals surface area contributed by atoms with Gasteiger partial charge < -0.3 is 5.11 Å². The topological polar surface area (TPSA) is 33.1 Å². The van der Waals surface area contributed by atoms with Crippen molar-refractivity contribution in [1.29, 1.82) is 0 Å². The number of hydrogen-bond donors (Lipinski definition) is 1. The molecule has 14 heavy (non-hydrogen) atoms. The number of hydrogen-bond acceptors (Lipinski definition) is 2. The largest absolute Gasteiger partial charge is 0.393 e. The van der Waals surface area contributed by atoms with E-state index in [-0.39, 0.29) is 6.10 Å². The summed E-state index contributed by atoms with van der Waals surface area (Å²) >= 11 is 0. The van der Waals surface area contributed by atoms with E-state index in [0.717, 1.165) is 19.3 Å². The predicted octanol–water partition coefficient (Wildman–Crippen LogP) is 2.18. The lowest BCUT2D eigenvalue weighted by molar-refractivity contribution is 0.0700. The zero-order valence-corrected chi connectivity index (χ0v) is 8.39. The van der Waals surface area contributed by atoms with Gasteiger partial charge in [0.1, 0.15) is 0 Å². The number of nitrogens with zero attached hydrogens (tertiary/aromatic N) is 1. The minimum absolute atomic E-state index is 0.0936. The molecular weight excluding hydrogens is 174 g/mol. The Morgan fingerprint density at radius 2 is 2.21 bits per heavy atom. The molecule has 0 spiro atoms. The first kappa shape index (κ1) is 9.66. The van der Waals surface area contributed by atoms with Crippen LogP contribution >= 0.6 is 0 Å². The normalized spacial score (nSPS) is 27.5. The molecule has 2 atom stereocenters. The van der Waals surface area contributed by atoms with Gasteiger partial charge in [0.2, 0.25) is 0 Å². The third-order valence-electron chi connectivity index (χ3n) is 3.09. The summed E-state index contributed by atoms with van der Waals surface area (Å²) < 4.78 is 0. The molecule has 1 aliphatic carbocycles. The van der Waals surface area contributed by atoms with Gasteiger partial charge in [-0.25, -0.2) is 0 Å². The van der Waals surface area contributed by atoms with Crippen LogP contribution in [0.2, 0.25) is 0 Å². The molecule has 76 valence electrons. The maximum Gasteiger partial charge on any atom is 0.0571 e. The van der Waals surface area contributed by atoms with Crippen molar-refractivity contribution in [3.05, 3.63) is 30.1 Å². The molecule has 1 fully saturated rings. The van der Waals surface area contributed by atoms with E-state index >= 15 is 0 Å². The molecule has 0 bridgehead atoms. The van der Waals surface area contributed by atoms with Crippen molar-refractivity contribution in [2.24, 2.45) is 5.92 Å². The van der Waals surface area contributed by atoms with Crippen LogP contribution in [0.4, 0.5) is 0 Å². The quantitative estimate of drug-likeness (QED) is 0.777. The minimum Gasteiger partial charge on any atom is -0.393 e. The van der Waals surface area contributed by atoms with E-state index in [1.165, 1.54) is 18.4 Å². The number of rotatable bonds is 2. The number of pyridine rings is 1. The second-order valence-electron chi connectivity index (χ2n) is 4.18. The van der Waals surface area contributed by atoms with Crippen LogP contribution in [0.25, 0.3) is 0 Å². The van der Waals surface area contributed by atoms with Crippen molar-refractivity contribution in [3.63, 3.8) is 0 Å². The molecule has 0 radical (unpaired) electrons. The molecule has 1 heterocycles. The number of aliphatic hydroxyl groups excluding tert-OH is 1. The van der Waals surface area contributed by atoms with Crippen LogP contribution in [0, 0.1) is 5.92 Å². The molecule has 1 aromatic rings. The monoisotopic (exact) mass is 191 g/mol. The Hall–Kier alpha value is -0.890. The van der Waals surface area contributed by atoms with Crippen LogP contribution in [0.1, 0.15) is 31.2 Å². The summed E-state index contributed by atoms with van der Waals surface area (Å²) in [6, 6.07) is 4.05. The fourth-order valence-corrected chi connectivity index (χ4v) is 2.25. The molecule has 2 heteroatoms. The zero-order valence-electron chi connectivity index (χ0n) is 8.39. The molecule has 0 amide bonds. The van der Waals surface area contributed by atoms with Crippen molar-refractivity contribution >= 4 is 0 Å². The Kier molecular flexibility index (Phi) is 3.14. The highest BCUT2D eigenvalue weighted by Crippen LogP contribution is 2.27. The lowest BCUT2D eigenvalue weighted by atomic mass is 9.83. The van der Waals surface area contributed by atoms with Gasteiger partial charge >= 0.3 is 0 Å². The van der Waals surface area contributed by atoms with Crippen molar-refractivity contribution in [1.82, 2.24) is 4.98 Å². The minimum atomic E-state index is -0.0936. The summed E-state index contributed by atoms with van der Waals surface area (Å²) in [5, 5.41) is 9.81. The summed E-state index contributed by atoms with van der Waals surface area (Å²) in [5.74, 6) is 0.452. The molecule has 1 aromatic heterocycles. The molecule has 0 aromatic carbocycles. The van der Waals surface area contributed by atoms with E-state index in [1.807, 2.05) is 12.3 Å². The molecule has 2 rings (SSSR count). The summed E-state index contributed by atoms with van der Waals surface area (Å²) in [4.78, 5) is 4.09. The average molecular weight is 191 g/mol. The SMILES string of the molecule is OC1CCCCC1Cc1cccnc1. The van der Waals surface area contributed by atoms with Crippen LogP contribution in [0.15, 0.2) is 24.5 Å². The van der Waals surface area contributed by atoms with E-state index in [4.69, 9.17) is 0 Å². The van der Waals surface area contributed by atoms with Gasteiger partial charge in [-0.15, -0.1) is 0 Å². The molecule has 2 unspecified atom stereocenters. The Bertz CT molecular complexity index is 273. The van der Waals surface area contributed by atoms with Crippen molar-refractivity contribution in [2.45, 2.75) is 38.2 Å². The first-order valence-electron chi connectivity index (χ1n) is 5.43. The van der Waals surface area contributed by atoms with E-state index in [9.17, 15) is 5.11 Å². The fourth-order valence-electron chi connectivity index (χ4n) is 2.25. The van der Waals surface area contributed by atoms with Gasteiger partial charge in [-0.05, 0) is 36.8 Å². The highest BCUT2D eigenvalue weighted by Gasteiger charge is 2.22. The third-order valence-corrected chi connectivity index (χ3v) is 3.09. The van der Waals surface area contributed by atoms with Crippen LogP contribution in [0.3, 0.4) is 0 Å². The predicted molar refractivity (Wildman–Crippen MR) is 55.9 cm³/mol. The molecule has 1 saturated carbocycles. The second-order valence-corrected chi connectivity index (χ2v) is 4.18. The summed E-state index contributed by atoms with van der Waals surface area (Å²) in [6.45, 7) is 0. The second kappa shape index (κ2) is 4.56. The molecule has 0 aliphatic heterocycles. The van der Waals surface area contributed by atoms with Crippen molar-refractivity contribution in [3.8, 4) is 0 Å². The van der Waals surface area contributed by atoms with Gasteiger partial charge in [-0.1, -0.05) is 18.9 Å². The Labute approximate surface area is 85.0 Å². The highest BCUT2D eigenvalue weighted by atomic mass is 16.3. The van der Waals surface area contributed by atoms with Gasteiger partial charge in [0.05, 0.1) is 6.10 Å². The lowest BCUT2D eigenvalue weighted by Gasteiger charge is -2.27. The summed E-state index contributed by atoms with van der Waals surface area (Å²) in [7, 11) is 0. The Morgan fingerprint density at radius 1 is 1.36 bits per heavy atom. The van der Waals surface area contributed by atoms with Crippen LogP contribution in [0.5, 0.6) is 0 Å². The van der Waals surface area contributed by atoms with E-state index in [0.29, 0.717) is 5.92 Å². The van der Waals surface area contributed by atoms with Gasteiger partial charge in [0.15, 0.2) is 0 Å². The van der Waals surface area contributed by atoms with Gasteiger partial charge in [-0.2, -0.15) is 0 Å². The van der Waals surface area contributed by atoms with E-state index < -0.39 is 0 Å². The van der Waals surface area contributed by atoms with Crippen molar-refractivity contribution in [2.75, 3.05) is 0 Å². The smallest absolute Gasteiger partial charge is 0.0571 e. The van der Waals surface area contributed by atoms with E-state index in [2.05, 4.69) is 11.1 Å². The maximum absolute atomic E-state index is 9.81. The average Bonchev–Trinajstić information content (AvgIpc) is 2.23. The van der Waals surface area contributed by atoms with Crippen molar-refractivity contribution < 1.29 is 5.11 Å².